The summed E-state index contributed by atoms with van der Waals surface area (Å²) in [6.07, 6.45) is 0.799. The summed E-state index contributed by atoms with van der Waals surface area (Å²) in [6, 6.07) is 6.92. The van der Waals surface area contributed by atoms with Crippen LogP contribution in [-0.2, 0) is 0 Å². The fourth-order valence-electron chi connectivity index (χ4n) is 1.29. The number of anilines is 1. The Morgan fingerprint density at radius 1 is 1.41 bits per heavy atom. The second kappa shape index (κ2) is 7.97. The largest absolute Gasteiger partial charge is 0.399 e. The normalized spacial score (nSPS) is 10.2. The zero-order valence-electron chi connectivity index (χ0n) is 9.69. The molecule has 0 saturated heterocycles. The van der Waals surface area contributed by atoms with Crippen molar-refractivity contribution in [3.8, 4) is 0 Å². The van der Waals surface area contributed by atoms with Gasteiger partial charge < -0.3 is 16.2 Å². The summed E-state index contributed by atoms with van der Waals surface area (Å²) in [7, 11) is 0. The lowest BCUT2D eigenvalue weighted by atomic mass is 10.2. The number of carbonyl (C=O) groups excluding carboxylic acids is 1. The fraction of sp³-hybridized carbons (Fsp3) is 0.417. The average molecular weight is 254 g/mol. The van der Waals surface area contributed by atoms with Crippen molar-refractivity contribution in [2.45, 2.75) is 6.42 Å². The summed E-state index contributed by atoms with van der Waals surface area (Å²) < 4.78 is 0. The minimum atomic E-state index is -0.0972. The fourth-order valence-corrected chi connectivity index (χ4v) is 2.07. The number of rotatable bonds is 7. The topological polar surface area (TPSA) is 75.4 Å². The molecule has 0 spiro atoms. The van der Waals surface area contributed by atoms with Crippen molar-refractivity contribution in [3.63, 3.8) is 0 Å². The third-order valence-electron chi connectivity index (χ3n) is 2.13. The highest BCUT2D eigenvalue weighted by Crippen LogP contribution is 2.06. The van der Waals surface area contributed by atoms with E-state index in [0.717, 1.165) is 17.9 Å². The second-order valence-electron chi connectivity index (χ2n) is 3.57. The maximum Gasteiger partial charge on any atom is 0.251 e. The molecule has 94 valence electrons. The predicted molar refractivity (Wildman–Crippen MR) is 72.2 cm³/mol. The van der Waals surface area contributed by atoms with Gasteiger partial charge in [0, 0.05) is 30.2 Å². The van der Waals surface area contributed by atoms with E-state index in [1.807, 2.05) is 0 Å². The molecule has 17 heavy (non-hydrogen) atoms. The molecule has 0 aliphatic rings. The maximum atomic E-state index is 11.7. The standard InChI is InChI=1S/C12H18N2O2S/c13-11-4-1-3-10(9-11)12(16)14-5-8-17-7-2-6-15/h1,3-4,9,15H,2,5-8,13H2,(H,14,16). The van der Waals surface area contributed by atoms with Crippen LogP contribution >= 0.6 is 11.8 Å². The first kappa shape index (κ1) is 13.9. The summed E-state index contributed by atoms with van der Waals surface area (Å²) in [5.41, 5.74) is 6.78. The van der Waals surface area contributed by atoms with E-state index in [4.69, 9.17) is 10.8 Å². The van der Waals surface area contributed by atoms with Crippen molar-refractivity contribution in [2.75, 3.05) is 30.4 Å². The van der Waals surface area contributed by atoms with Gasteiger partial charge in [0.1, 0.15) is 0 Å². The number of benzene rings is 1. The van der Waals surface area contributed by atoms with Crippen molar-refractivity contribution in [1.82, 2.24) is 5.32 Å². The quantitative estimate of drug-likeness (QED) is 0.503. The molecule has 0 aromatic heterocycles. The lowest BCUT2D eigenvalue weighted by molar-refractivity contribution is 0.0956. The van der Waals surface area contributed by atoms with Gasteiger partial charge >= 0.3 is 0 Å². The van der Waals surface area contributed by atoms with Crippen molar-refractivity contribution in [1.29, 1.82) is 0 Å². The molecule has 1 aromatic rings. The molecule has 0 aliphatic carbocycles. The molecule has 0 radical (unpaired) electrons. The van der Waals surface area contributed by atoms with Crippen LogP contribution in [0.3, 0.4) is 0 Å². The first-order chi connectivity index (χ1) is 8.24. The van der Waals surface area contributed by atoms with E-state index in [1.54, 1.807) is 36.0 Å². The molecule has 1 aromatic carbocycles. The first-order valence-corrected chi connectivity index (χ1v) is 6.72. The molecular weight excluding hydrogens is 236 g/mol. The molecule has 5 heteroatoms. The average Bonchev–Trinajstić information content (AvgIpc) is 2.33. The number of carbonyl (C=O) groups is 1. The van der Waals surface area contributed by atoms with Gasteiger partial charge in [-0.05, 0) is 30.4 Å². The Bertz CT molecular complexity index is 358. The van der Waals surface area contributed by atoms with E-state index in [-0.39, 0.29) is 12.5 Å². The minimum absolute atomic E-state index is 0.0972. The van der Waals surface area contributed by atoms with Gasteiger partial charge in [-0.15, -0.1) is 0 Å². The highest BCUT2D eigenvalue weighted by atomic mass is 32.2. The number of thioether (sulfide) groups is 1. The highest BCUT2D eigenvalue weighted by molar-refractivity contribution is 7.99. The molecule has 0 heterocycles. The summed E-state index contributed by atoms with van der Waals surface area (Å²) in [4.78, 5) is 11.7. The van der Waals surface area contributed by atoms with Gasteiger partial charge in [0.05, 0.1) is 0 Å². The van der Waals surface area contributed by atoms with Crippen LogP contribution in [0.4, 0.5) is 5.69 Å². The summed E-state index contributed by atoms with van der Waals surface area (Å²) in [5, 5.41) is 11.4. The van der Waals surface area contributed by atoms with E-state index < -0.39 is 0 Å². The monoisotopic (exact) mass is 254 g/mol. The zero-order chi connectivity index (χ0) is 12.5. The van der Waals surface area contributed by atoms with Crippen LogP contribution in [0.25, 0.3) is 0 Å². The molecule has 4 N–H and O–H groups in total. The molecular formula is C12H18N2O2S. The van der Waals surface area contributed by atoms with Gasteiger partial charge in [-0.25, -0.2) is 0 Å². The zero-order valence-corrected chi connectivity index (χ0v) is 10.5. The van der Waals surface area contributed by atoms with E-state index in [0.29, 0.717) is 17.8 Å². The highest BCUT2D eigenvalue weighted by Gasteiger charge is 2.04. The smallest absolute Gasteiger partial charge is 0.251 e. The lowest BCUT2D eigenvalue weighted by Gasteiger charge is -2.05. The van der Waals surface area contributed by atoms with E-state index >= 15 is 0 Å². The molecule has 1 amide bonds. The van der Waals surface area contributed by atoms with Crippen LogP contribution < -0.4 is 11.1 Å². The van der Waals surface area contributed by atoms with Crippen molar-refractivity contribution in [3.05, 3.63) is 29.8 Å². The minimum Gasteiger partial charge on any atom is -0.399 e. The van der Waals surface area contributed by atoms with Crippen LogP contribution in [0.2, 0.25) is 0 Å². The molecule has 0 fully saturated rings. The van der Waals surface area contributed by atoms with Crippen molar-refractivity contribution >= 4 is 23.4 Å². The van der Waals surface area contributed by atoms with Crippen molar-refractivity contribution in [2.24, 2.45) is 0 Å². The first-order valence-electron chi connectivity index (χ1n) is 5.56. The van der Waals surface area contributed by atoms with Gasteiger partial charge in [-0.1, -0.05) is 6.07 Å². The van der Waals surface area contributed by atoms with Crippen LogP contribution in [0.15, 0.2) is 24.3 Å². The summed E-state index contributed by atoms with van der Waals surface area (Å²) in [6.45, 7) is 0.854. The molecule has 0 atom stereocenters. The van der Waals surface area contributed by atoms with Gasteiger partial charge in [-0.3, -0.25) is 4.79 Å². The number of hydrogen-bond acceptors (Lipinski definition) is 4. The number of amides is 1. The summed E-state index contributed by atoms with van der Waals surface area (Å²) in [5.74, 6) is 1.68. The second-order valence-corrected chi connectivity index (χ2v) is 4.80. The van der Waals surface area contributed by atoms with E-state index in [2.05, 4.69) is 5.32 Å². The predicted octanol–water partition coefficient (Wildman–Crippen LogP) is 1.11. The number of nitrogens with one attached hydrogen (secondary N) is 1. The Morgan fingerprint density at radius 3 is 2.94 bits per heavy atom. The van der Waals surface area contributed by atoms with Crippen LogP contribution in [-0.4, -0.2) is 35.7 Å². The molecule has 0 aliphatic heterocycles. The number of nitrogen functional groups attached to an aromatic ring is 1. The molecule has 0 unspecified atom stereocenters. The molecule has 0 bridgehead atoms. The molecule has 4 nitrogen and oxygen atoms in total. The Kier molecular flexibility index (Phi) is 6.50. The number of aliphatic hydroxyl groups excluding tert-OH is 1. The Hall–Kier alpha value is -1.20. The Balaban J connectivity index is 2.21. The van der Waals surface area contributed by atoms with Crippen molar-refractivity contribution < 1.29 is 9.90 Å². The van der Waals surface area contributed by atoms with Gasteiger partial charge in [0.25, 0.3) is 5.91 Å². The third-order valence-corrected chi connectivity index (χ3v) is 3.20. The van der Waals surface area contributed by atoms with Gasteiger partial charge in [0.2, 0.25) is 0 Å². The van der Waals surface area contributed by atoms with Crippen LogP contribution in [0.5, 0.6) is 0 Å². The van der Waals surface area contributed by atoms with E-state index in [9.17, 15) is 4.79 Å². The number of aliphatic hydroxyl groups is 1. The Labute approximate surface area is 106 Å². The Morgan fingerprint density at radius 2 is 2.24 bits per heavy atom. The van der Waals surface area contributed by atoms with Crippen LogP contribution in [0.1, 0.15) is 16.8 Å². The third kappa shape index (κ3) is 5.60. The molecule has 0 saturated carbocycles. The molecule has 1 rings (SSSR count). The van der Waals surface area contributed by atoms with Crippen LogP contribution in [0, 0.1) is 0 Å². The van der Waals surface area contributed by atoms with Gasteiger partial charge in [-0.2, -0.15) is 11.8 Å². The number of hydrogen-bond donors (Lipinski definition) is 3. The van der Waals surface area contributed by atoms with Gasteiger partial charge in [0.15, 0.2) is 0 Å². The van der Waals surface area contributed by atoms with E-state index in [1.165, 1.54) is 0 Å². The maximum absolute atomic E-state index is 11.7. The SMILES string of the molecule is Nc1cccc(C(=O)NCCSCCCO)c1. The lowest BCUT2D eigenvalue weighted by Crippen LogP contribution is -2.25. The summed E-state index contributed by atoms with van der Waals surface area (Å²) >= 11 is 1.72. The number of nitrogens with two attached hydrogens (primary N) is 1.